The first-order chi connectivity index (χ1) is 9.15. The molecule has 0 amide bonds. The zero-order chi connectivity index (χ0) is 13.8. The van der Waals surface area contributed by atoms with Crippen LogP contribution >= 0.6 is 0 Å². The van der Waals surface area contributed by atoms with E-state index >= 15 is 0 Å². The van der Waals surface area contributed by atoms with E-state index in [1.807, 2.05) is 17.7 Å². The second-order valence-electron chi connectivity index (χ2n) is 4.18. The van der Waals surface area contributed by atoms with Crippen LogP contribution in [0.1, 0.15) is 18.3 Å². The number of nitrogens with zero attached hydrogens (tertiary/aromatic N) is 3. The molecule has 1 heterocycles. The van der Waals surface area contributed by atoms with Crippen molar-refractivity contribution in [3.63, 3.8) is 0 Å². The quantitative estimate of drug-likeness (QED) is 0.662. The van der Waals surface area contributed by atoms with Crippen molar-refractivity contribution in [1.29, 1.82) is 0 Å². The third kappa shape index (κ3) is 2.73. The first-order valence-electron chi connectivity index (χ1n) is 6.10. The number of nitro benzene ring substituents is 1. The number of aromatic nitrogens is 2. The van der Waals surface area contributed by atoms with Crippen LogP contribution in [-0.4, -0.2) is 21.5 Å². The summed E-state index contributed by atoms with van der Waals surface area (Å²) in [4.78, 5) is 14.7. The SMILES string of the molecule is CCc1nccn1Cc1ccc([N+](=O)[O-])c(NC)c1. The smallest absolute Gasteiger partial charge is 0.292 e. The molecule has 0 aliphatic heterocycles. The summed E-state index contributed by atoms with van der Waals surface area (Å²) in [5.41, 5.74) is 1.62. The van der Waals surface area contributed by atoms with Crippen molar-refractivity contribution in [3.8, 4) is 0 Å². The maximum atomic E-state index is 10.9. The van der Waals surface area contributed by atoms with Gasteiger partial charge in [0.2, 0.25) is 0 Å². The van der Waals surface area contributed by atoms with Crippen LogP contribution in [-0.2, 0) is 13.0 Å². The van der Waals surface area contributed by atoms with Gasteiger partial charge in [0, 0.05) is 38.5 Å². The van der Waals surface area contributed by atoms with E-state index in [1.165, 1.54) is 6.07 Å². The molecule has 0 saturated heterocycles. The molecule has 1 N–H and O–H groups in total. The second-order valence-corrected chi connectivity index (χ2v) is 4.18. The summed E-state index contributed by atoms with van der Waals surface area (Å²) < 4.78 is 2.04. The van der Waals surface area contributed by atoms with Crippen molar-refractivity contribution < 1.29 is 4.92 Å². The van der Waals surface area contributed by atoms with Gasteiger partial charge in [-0.1, -0.05) is 13.0 Å². The number of nitro groups is 1. The number of nitrogens with one attached hydrogen (secondary N) is 1. The van der Waals surface area contributed by atoms with Gasteiger partial charge < -0.3 is 9.88 Å². The maximum absolute atomic E-state index is 10.9. The zero-order valence-corrected chi connectivity index (χ0v) is 11.0. The Hall–Kier alpha value is -2.37. The van der Waals surface area contributed by atoms with Gasteiger partial charge in [-0.25, -0.2) is 4.98 Å². The lowest BCUT2D eigenvalue weighted by Gasteiger charge is -2.09. The number of benzene rings is 1. The molecule has 0 aliphatic rings. The highest BCUT2D eigenvalue weighted by atomic mass is 16.6. The second kappa shape index (κ2) is 5.51. The van der Waals surface area contributed by atoms with Crippen LogP contribution in [0.4, 0.5) is 11.4 Å². The molecule has 0 atom stereocenters. The summed E-state index contributed by atoms with van der Waals surface area (Å²) in [5, 5.41) is 13.7. The van der Waals surface area contributed by atoms with Crippen molar-refractivity contribution in [2.45, 2.75) is 19.9 Å². The predicted molar refractivity (Wildman–Crippen MR) is 73.4 cm³/mol. The van der Waals surface area contributed by atoms with E-state index in [9.17, 15) is 10.1 Å². The Kier molecular flexibility index (Phi) is 3.79. The molecule has 1 aromatic heterocycles. The van der Waals surface area contributed by atoms with Crippen molar-refractivity contribution in [2.24, 2.45) is 0 Å². The molecule has 2 rings (SSSR count). The van der Waals surface area contributed by atoms with Crippen LogP contribution in [0.5, 0.6) is 0 Å². The number of hydrogen-bond acceptors (Lipinski definition) is 4. The largest absolute Gasteiger partial charge is 0.383 e. The molecule has 6 heteroatoms. The van der Waals surface area contributed by atoms with E-state index in [-0.39, 0.29) is 10.6 Å². The highest BCUT2D eigenvalue weighted by molar-refractivity contribution is 5.62. The predicted octanol–water partition coefficient (Wildman–Crippen LogP) is 2.44. The van der Waals surface area contributed by atoms with Gasteiger partial charge in [0.15, 0.2) is 0 Å². The Morgan fingerprint density at radius 2 is 2.26 bits per heavy atom. The van der Waals surface area contributed by atoms with E-state index < -0.39 is 0 Å². The van der Waals surface area contributed by atoms with Gasteiger partial charge in [-0.15, -0.1) is 0 Å². The van der Waals surface area contributed by atoms with Crippen LogP contribution < -0.4 is 5.32 Å². The fourth-order valence-corrected chi connectivity index (χ4v) is 2.04. The summed E-state index contributed by atoms with van der Waals surface area (Å²) in [6.07, 6.45) is 4.54. The number of aryl methyl sites for hydroxylation is 1. The van der Waals surface area contributed by atoms with Gasteiger partial charge in [-0.05, 0) is 11.6 Å². The van der Waals surface area contributed by atoms with Crippen molar-refractivity contribution in [1.82, 2.24) is 9.55 Å². The Morgan fingerprint density at radius 1 is 1.47 bits per heavy atom. The molecule has 0 radical (unpaired) electrons. The van der Waals surface area contributed by atoms with E-state index in [2.05, 4.69) is 10.3 Å². The highest BCUT2D eigenvalue weighted by Gasteiger charge is 2.13. The minimum atomic E-state index is -0.385. The van der Waals surface area contributed by atoms with Gasteiger partial charge in [0.1, 0.15) is 11.5 Å². The fourth-order valence-electron chi connectivity index (χ4n) is 2.04. The Balaban J connectivity index is 2.29. The van der Waals surface area contributed by atoms with Crippen LogP contribution in [0.2, 0.25) is 0 Å². The summed E-state index contributed by atoms with van der Waals surface area (Å²) in [5.74, 6) is 1.00. The van der Waals surface area contributed by atoms with Crippen molar-refractivity contribution >= 4 is 11.4 Å². The lowest BCUT2D eigenvalue weighted by atomic mass is 10.1. The summed E-state index contributed by atoms with van der Waals surface area (Å²) in [7, 11) is 1.68. The maximum Gasteiger partial charge on any atom is 0.292 e. The molecule has 6 nitrogen and oxygen atoms in total. The van der Waals surface area contributed by atoms with Crippen LogP contribution in [0.25, 0.3) is 0 Å². The minimum Gasteiger partial charge on any atom is -0.383 e. The standard InChI is InChI=1S/C13H16N4O2/c1-3-13-15-6-7-16(13)9-10-4-5-12(17(18)19)11(8-10)14-2/h4-8,14H,3,9H2,1-2H3. The normalized spacial score (nSPS) is 10.4. The van der Waals surface area contributed by atoms with E-state index in [4.69, 9.17) is 0 Å². The highest BCUT2D eigenvalue weighted by Crippen LogP contribution is 2.25. The van der Waals surface area contributed by atoms with Gasteiger partial charge in [-0.3, -0.25) is 10.1 Å². The fraction of sp³-hybridized carbons (Fsp3) is 0.308. The van der Waals surface area contributed by atoms with E-state index in [0.29, 0.717) is 12.2 Å². The molecule has 19 heavy (non-hydrogen) atoms. The van der Waals surface area contributed by atoms with Crippen molar-refractivity contribution in [2.75, 3.05) is 12.4 Å². The number of anilines is 1. The number of hydrogen-bond donors (Lipinski definition) is 1. The molecule has 1 aromatic carbocycles. The minimum absolute atomic E-state index is 0.0904. The average molecular weight is 260 g/mol. The lowest BCUT2D eigenvalue weighted by molar-refractivity contribution is -0.383. The third-order valence-electron chi connectivity index (χ3n) is 3.00. The third-order valence-corrected chi connectivity index (χ3v) is 3.00. The lowest BCUT2D eigenvalue weighted by Crippen LogP contribution is -2.04. The molecule has 0 fully saturated rings. The van der Waals surface area contributed by atoms with E-state index in [0.717, 1.165) is 17.8 Å². The van der Waals surface area contributed by atoms with Gasteiger partial charge in [0.25, 0.3) is 5.69 Å². The molecule has 0 bridgehead atoms. The monoisotopic (exact) mass is 260 g/mol. The van der Waals surface area contributed by atoms with Gasteiger partial charge in [0.05, 0.1) is 4.92 Å². The molecular formula is C13H16N4O2. The molecular weight excluding hydrogens is 244 g/mol. The van der Waals surface area contributed by atoms with Crippen LogP contribution in [0.15, 0.2) is 30.6 Å². The summed E-state index contributed by atoms with van der Waals surface area (Å²) >= 11 is 0. The van der Waals surface area contributed by atoms with Gasteiger partial charge >= 0.3 is 0 Å². The molecule has 100 valence electrons. The first-order valence-corrected chi connectivity index (χ1v) is 6.10. The van der Waals surface area contributed by atoms with Crippen LogP contribution in [0.3, 0.4) is 0 Å². The van der Waals surface area contributed by atoms with Gasteiger partial charge in [-0.2, -0.15) is 0 Å². The van der Waals surface area contributed by atoms with E-state index in [1.54, 1.807) is 25.4 Å². The summed E-state index contributed by atoms with van der Waals surface area (Å²) in [6, 6.07) is 5.11. The van der Waals surface area contributed by atoms with Crippen LogP contribution in [0, 0.1) is 10.1 Å². The first kappa shape index (κ1) is 13.1. The Morgan fingerprint density at radius 3 is 2.89 bits per heavy atom. The number of imidazole rings is 1. The number of rotatable bonds is 5. The molecule has 0 unspecified atom stereocenters. The average Bonchev–Trinajstić information content (AvgIpc) is 2.85. The molecule has 0 aliphatic carbocycles. The zero-order valence-electron chi connectivity index (χ0n) is 11.0. The molecule has 0 spiro atoms. The van der Waals surface area contributed by atoms with Crippen molar-refractivity contribution in [3.05, 3.63) is 52.1 Å². The Labute approximate surface area is 111 Å². The molecule has 0 saturated carbocycles. The summed E-state index contributed by atoms with van der Waals surface area (Å²) in [6.45, 7) is 2.71. The topological polar surface area (TPSA) is 73.0 Å². The Bertz CT molecular complexity index is 592. The molecule has 2 aromatic rings.